The zero-order valence-corrected chi connectivity index (χ0v) is 12.9. The van der Waals surface area contributed by atoms with Crippen LogP contribution in [0.3, 0.4) is 0 Å². The SMILES string of the molecule is Cc1ccc(C)c2c(N3CCNCC3)c(Br)cnc12. The minimum atomic E-state index is 1.04. The van der Waals surface area contributed by atoms with Crippen molar-refractivity contribution in [3.05, 3.63) is 33.9 Å². The fourth-order valence-corrected chi connectivity index (χ4v) is 3.31. The quantitative estimate of drug-likeness (QED) is 0.875. The van der Waals surface area contributed by atoms with Crippen molar-refractivity contribution in [1.29, 1.82) is 0 Å². The molecule has 1 aliphatic heterocycles. The summed E-state index contributed by atoms with van der Waals surface area (Å²) in [5.74, 6) is 0. The highest BCUT2D eigenvalue weighted by Crippen LogP contribution is 2.36. The zero-order chi connectivity index (χ0) is 13.4. The summed E-state index contributed by atoms with van der Waals surface area (Å²) in [6.07, 6.45) is 1.94. The second-order valence-electron chi connectivity index (χ2n) is 5.11. The van der Waals surface area contributed by atoms with E-state index < -0.39 is 0 Å². The molecule has 0 atom stereocenters. The van der Waals surface area contributed by atoms with E-state index in [9.17, 15) is 0 Å². The third kappa shape index (κ3) is 2.23. The second-order valence-corrected chi connectivity index (χ2v) is 5.97. The van der Waals surface area contributed by atoms with Crippen LogP contribution < -0.4 is 10.2 Å². The van der Waals surface area contributed by atoms with E-state index in [4.69, 9.17) is 0 Å². The summed E-state index contributed by atoms with van der Waals surface area (Å²) in [4.78, 5) is 7.06. The van der Waals surface area contributed by atoms with Crippen molar-refractivity contribution in [3.63, 3.8) is 0 Å². The Kier molecular flexibility index (Phi) is 3.46. The summed E-state index contributed by atoms with van der Waals surface area (Å²) in [6, 6.07) is 4.34. The van der Waals surface area contributed by atoms with Gasteiger partial charge in [0, 0.05) is 37.8 Å². The monoisotopic (exact) mass is 319 g/mol. The van der Waals surface area contributed by atoms with Gasteiger partial charge >= 0.3 is 0 Å². The molecule has 2 aromatic rings. The van der Waals surface area contributed by atoms with Crippen molar-refractivity contribution in [1.82, 2.24) is 10.3 Å². The van der Waals surface area contributed by atoms with Gasteiger partial charge in [0.05, 0.1) is 15.7 Å². The van der Waals surface area contributed by atoms with Crippen LogP contribution in [0.1, 0.15) is 11.1 Å². The Balaban J connectivity index is 2.26. The van der Waals surface area contributed by atoms with Crippen molar-refractivity contribution in [2.24, 2.45) is 0 Å². The Morgan fingerprint density at radius 3 is 2.58 bits per heavy atom. The van der Waals surface area contributed by atoms with Crippen molar-refractivity contribution in [2.45, 2.75) is 13.8 Å². The number of hydrogen-bond acceptors (Lipinski definition) is 3. The van der Waals surface area contributed by atoms with Gasteiger partial charge in [-0.2, -0.15) is 0 Å². The summed E-state index contributed by atoms with van der Waals surface area (Å²) < 4.78 is 1.09. The highest BCUT2D eigenvalue weighted by Gasteiger charge is 2.18. The molecular weight excluding hydrogens is 302 g/mol. The first-order valence-electron chi connectivity index (χ1n) is 6.68. The Morgan fingerprint density at radius 1 is 1.16 bits per heavy atom. The lowest BCUT2D eigenvalue weighted by Gasteiger charge is -2.31. The molecule has 4 heteroatoms. The van der Waals surface area contributed by atoms with E-state index >= 15 is 0 Å². The predicted octanol–water partition coefficient (Wildman–Crippen LogP) is 3.02. The van der Waals surface area contributed by atoms with Crippen LogP contribution in [-0.2, 0) is 0 Å². The first kappa shape index (κ1) is 12.9. The van der Waals surface area contributed by atoms with Crippen molar-refractivity contribution < 1.29 is 0 Å². The maximum absolute atomic E-state index is 4.61. The van der Waals surface area contributed by atoms with E-state index in [0.717, 1.165) is 36.2 Å². The minimum Gasteiger partial charge on any atom is -0.367 e. The molecule has 1 aromatic carbocycles. The molecule has 0 radical (unpaired) electrons. The van der Waals surface area contributed by atoms with E-state index in [0.29, 0.717) is 0 Å². The van der Waals surface area contributed by atoms with Crippen LogP contribution in [0.2, 0.25) is 0 Å². The number of nitrogens with one attached hydrogen (secondary N) is 1. The Labute approximate surface area is 122 Å². The average molecular weight is 320 g/mol. The largest absolute Gasteiger partial charge is 0.367 e. The van der Waals surface area contributed by atoms with Gasteiger partial charge in [-0.3, -0.25) is 4.98 Å². The van der Waals surface area contributed by atoms with Crippen LogP contribution >= 0.6 is 15.9 Å². The molecule has 3 rings (SSSR count). The molecule has 0 spiro atoms. The number of pyridine rings is 1. The number of benzene rings is 1. The van der Waals surface area contributed by atoms with Crippen LogP contribution in [0.4, 0.5) is 5.69 Å². The summed E-state index contributed by atoms with van der Waals surface area (Å²) >= 11 is 3.69. The Morgan fingerprint density at radius 2 is 1.84 bits per heavy atom. The molecule has 1 N–H and O–H groups in total. The number of hydrogen-bond donors (Lipinski definition) is 1. The number of piperazine rings is 1. The second kappa shape index (κ2) is 5.10. The number of aromatic nitrogens is 1. The zero-order valence-electron chi connectivity index (χ0n) is 11.3. The predicted molar refractivity (Wildman–Crippen MR) is 84.0 cm³/mol. The highest BCUT2D eigenvalue weighted by atomic mass is 79.9. The molecule has 0 unspecified atom stereocenters. The third-order valence-corrected chi connectivity index (χ3v) is 4.37. The molecule has 0 bridgehead atoms. The van der Waals surface area contributed by atoms with Gasteiger partial charge in [-0.05, 0) is 40.9 Å². The molecule has 0 aliphatic carbocycles. The lowest BCUT2D eigenvalue weighted by molar-refractivity contribution is 0.589. The molecule has 3 nitrogen and oxygen atoms in total. The molecule has 0 amide bonds. The number of fused-ring (bicyclic) bond motifs is 1. The van der Waals surface area contributed by atoms with Crippen molar-refractivity contribution in [2.75, 3.05) is 31.1 Å². The fourth-order valence-electron chi connectivity index (χ4n) is 2.76. The van der Waals surface area contributed by atoms with Crippen LogP contribution in [0.5, 0.6) is 0 Å². The van der Waals surface area contributed by atoms with E-state index in [2.05, 4.69) is 57.1 Å². The van der Waals surface area contributed by atoms with Gasteiger partial charge in [0.25, 0.3) is 0 Å². The van der Waals surface area contributed by atoms with Gasteiger partial charge in [0.2, 0.25) is 0 Å². The van der Waals surface area contributed by atoms with E-state index in [1.807, 2.05) is 6.20 Å². The van der Waals surface area contributed by atoms with Crippen LogP contribution in [0.15, 0.2) is 22.8 Å². The molecular formula is C15H18BrN3. The fraction of sp³-hybridized carbons (Fsp3) is 0.400. The number of anilines is 1. The molecule has 19 heavy (non-hydrogen) atoms. The van der Waals surface area contributed by atoms with E-state index in [-0.39, 0.29) is 0 Å². The van der Waals surface area contributed by atoms with Crippen molar-refractivity contribution >= 4 is 32.5 Å². The lowest BCUT2D eigenvalue weighted by atomic mass is 10.0. The molecule has 0 saturated carbocycles. The summed E-state index contributed by atoms with van der Waals surface area (Å²) in [5, 5.41) is 4.69. The van der Waals surface area contributed by atoms with Gasteiger partial charge in [-0.25, -0.2) is 0 Å². The molecule has 100 valence electrons. The molecule has 1 saturated heterocycles. The maximum Gasteiger partial charge on any atom is 0.0755 e. The number of rotatable bonds is 1. The Bertz CT molecular complexity index is 618. The smallest absolute Gasteiger partial charge is 0.0755 e. The van der Waals surface area contributed by atoms with Gasteiger partial charge < -0.3 is 10.2 Å². The molecule has 1 aromatic heterocycles. The Hall–Kier alpha value is -1.13. The number of halogens is 1. The third-order valence-electron chi connectivity index (χ3n) is 3.79. The summed E-state index contributed by atoms with van der Waals surface area (Å²) in [7, 11) is 0. The maximum atomic E-state index is 4.61. The van der Waals surface area contributed by atoms with Gasteiger partial charge in [-0.1, -0.05) is 12.1 Å². The summed E-state index contributed by atoms with van der Waals surface area (Å²) in [5.41, 5.74) is 4.96. The first-order chi connectivity index (χ1) is 9.18. The first-order valence-corrected chi connectivity index (χ1v) is 7.48. The lowest BCUT2D eigenvalue weighted by Crippen LogP contribution is -2.43. The van der Waals surface area contributed by atoms with Gasteiger partial charge in [-0.15, -0.1) is 0 Å². The summed E-state index contributed by atoms with van der Waals surface area (Å²) in [6.45, 7) is 8.48. The van der Waals surface area contributed by atoms with Gasteiger partial charge in [0.15, 0.2) is 0 Å². The van der Waals surface area contributed by atoms with Crippen molar-refractivity contribution in [3.8, 4) is 0 Å². The minimum absolute atomic E-state index is 1.04. The number of aryl methyl sites for hydroxylation is 2. The topological polar surface area (TPSA) is 28.2 Å². The van der Waals surface area contributed by atoms with Crippen LogP contribution in [-0.4, -0.2) is 31.2 Å². The standard InChI is InChI=1S/C15H18BrN3/c1-10-3-4-11(2)14-13(10)15(12(16)9-18-14)19-7-5-17-6-8-19/h3-4,9,17H,5-8H2,1-2H3. The van der Waals surface area contributed by atoms with E-state index in [1.54, 1.807) is 0 Å². The van der Waals surface area contributed by atoms with E-state index in [1.165, 1.54) is 22.2 Å². The van der Waals surface area contributed by atoms with Gasteiger partial charge in [0.1, 0.15) is 0 Å². The van der Waals surface area contributed by atoms with Crippen LogP contribution in [0, 0.1) is 13.8 Å². The normalized spacial score (nSPS) is 16.1. The molecule has 2 heterocycles. The van der Waals surface area contributed by atoms with Crippen LogP contribution in [0.25, 0.3) is 10.9 Å². The highest BCUT2D eigenvalue weighted by molar-refractivity contribution is 9.10. The molecule has 1 aliphatic rings. The molecule has 1 fully saturated rings. The number of nitrogens with zero attached hydrogens (tertiary/aromatic N) is 2. The average Bonchev–Trinajstić information content (AvgIpc) is 2.44.